The highest BCUT2D eigenvalue weighted by Gasteiger charge is 2.27. The summed E-state index contributed by atoms with van der Waals surface area (Å²) in [5, 5.41) is 0. The first-order chi connectivity index (χ1) is 37.0. The van der Waals surface area contributed by atoms with Gasteiger partial charge in [0.2, 0.25) is 0 Å². The quantitative estimate of drug-likeness (QED) is 0.0211. The van der Waals surface area contributed by atoms with Crippen molar-refractivity contribution < 1.29 is 42.1 Å². The van der Waals surface area contributed by atoms with Gasteiger partial charge in [-0.3, -0.25) is 18.6 Å². The Bertz CT molecular complexity index is 1510. The molecule has 0 amide bonds. The zero-order valence-electron chi connectivity index (χ0n) is 50.2. The number of carbonyl (C=O) groups excluding carboxylic acids is 2. The van der Waals surface area contributed by atoms with Crippen molar-refractivity contribution >= 4 is 19.8 Å². The van der Waals surface area contributed by atoms with Crippen LogP contribution in [0, 0.1) is 0 Å². The van der Waals surface area contributed by atoms with Crippen molar-refractivity contribution in [3.63, 3.8) is 0 Å². The summed E-state index contributed by atoms with van der Waals surface area (Å²) in [6, 6.07) is 0. The molecular formula is C66H121NO8P+. The summed E-state index contributed by atoms with van der Waals surface area (Å²) in [6.45, 7) is 4.34. The van der Waals surface area contributed by atoms with Crippen molar-refractivity contribution in [1.82, 2.24) is 0 Å². The van der Waals surface area contributed by atoms with E-state index in [1.54, 1.807) is 0 Å². The number of carbonyl (C=O) groups is 2. The van der Waals surface area contributed by atoms with Crippen LogP contribution < -0.4 is 0 Å². The largest absolute Gasteiger partial charge is 0.472 e. The minimum Gasteiger partial charge on any atom is -0.462 e. The van der Waals surface area contributed by atoms with Gasteiger partial charge in [0.15, 0.2) is 6.10 Å². The Balaban J connectivity index is 4.01. The molecule has 2 unspecified atom stereocenters. The monoisotopic (exact) mass is 1090 g/mol. The molecule has 1 N–H and O–H groups in total. The second-order valence-electron chi connectivity index (χ2n) is 22.4. The molecule has 9 nitrogen and oxygen atoms in total. The number of hydrogen-bond donors (Lipinski definition) is 1. The SMILES string of the molecule is CC/C=C\C/C=C\C/C=C\C/C=C\C/C=C\CCCCCCCCCCCCCCCCCCCCCC(=O)OC(COC(=O)CCCCCCCCC/C=C\CCCCCCCC)COP(=O)(O)OCC[N+](C)(C)C. The number of unbranched alkanes of at least 4 members (excludes halogenated alkanes) is 32. The standard InChI is InChI=1S/C66H120NO8P/c1-6-8-10-12-14-16-18-20-22-24-25-26-27-28-29-30-31-32-33-34-35-36-37-38-39-40-41-43-45-47-49-51-53-55-57-59-66(69)75-64(63-74-76(70,71)73-61-60-67(3,4)5)62-72-65(68)58-56-54-52-50-48-46-44-42-23-21-19-17-15-13-11-9-7-2/h8,10,14,16,20-23,25-26,28-29,64H,6-7,9,11-13,15,17-19,24,27,30-63H2,1-5H3/p+1/b10-8-,16-14-,22-20-,23-21-,26-25-,29-28-. The molecule has 0 aliphatic carbocycles. The highest BCUT2D eigenvalue weighted by Crippen LogP contribution is 2.43. The van der Waals surface area contributed by atoms with Gasteiger partial charge in [0.1, 0.15) is 19.8 Å². The number of hydrogen-bond acceptors (Lipinski definition) is 7. The minimum absolute atomic E-state index is 0.0310. The predicted molar refractivity (Wildman–Crippen MR) is 326 cm³/mol. The van der Waals surface area contributed by atoms with Crippen molar-refractivity contribution in [2.24, 2.45) is 0 Å². The van der Waals surface area contributed by atoms with Crippen molar-refractivity contribution in [3.05, 3.63) is 72.9 Å². The number of likely N-dealkylation sites (N-methyl/N-ethyl adjacent to an activating group) is 1. The third-order valence-corrected chi connectivity index (χ3v) is 14.7. The Hall–Kier alpha value is -2.55. The number of phosphoric ester groups is 1. The summed E-state index contributed by atoms with van der Waals surface area (Å²) >= 11 is 0. The second kappa shape index (κ2) is 57.1. The maximum atomic E-state index is 12.8. The van der Waals surface area contributed by atoms with E-state index in [0.717, 1.165) is 64.2 Å². The van der Waals surface area contributed by atoms with Crippen molar-refractivity contribution in [3.8, 4) is 0 Å². The molecule has 0 heterocycles. The van der Waals surface area contributed by atoms with Gasteiger partial charge < -0.3 is 18.9 Å². The lowest BCUT2D eigenvalue weighted by atomic mass is 10.0. The predicted octanol–water partition coefficient (Wildman–Crippen LogP) is 20.0. The van der Waals surface area contributed by atoms with Crippen LogP contribution >= 0.6 is 7.82 Å². The maximum Gasteiger partial charge on any atom is 0.472 e. The van der Waals surface area contributed by atoms with Gasteiger partial charge in [-0.1, -0.05) is 260 Å². The molecule has 442 valence electrons. The van der Waals surface area contributed by atoms with E-state index in [0.29, 0.717) is 17.4 Å². The Morgan fingerprint density at radius 3 is 1.13 bits per heavy atom. The van der Waals surface area contributed by atoms with Crippen LogP contribution in [0.5, 0.6) is 0 Å². The first-order valence-electron chi connectivity index (χ1n) is 31.7. The zero-order valence-corrected chi connectivity index (χ0v) is 51.1. The first kappa shape index (κ1) is 73.5. The van der Waals surface area contributed by atoms with Crippen LogP contribution in [0.1, 0.15) is 284 Å². The summed E-state index contributed by atoms with van der Waals surface area (Å²) in [5.41, 5.74) is 0. The minimum atomic E-state index is -4.39. The lowest BCUT2D eigenvalue weighted by molar-refractivity contribution is -0.870. The number of quaternary nitrogens is 1. The molecule has 0 radical (unpaired) electrons. The maximum absolute atomic E-state index is 12.8. The molecule has 0 aliphatic heterocycles. The Morgan fingerprint density at radius 1 is 0.421 bits per heavy atom. The van der Waals surface area contributed by atoms with Gasteiger partial charge in [-0.05, 0) is 83.5 Å². The third kappa shape index (κ3) is 60.7. The summed E-state index contributed by atoms with van der Waals surface area (Å²) in [5.74, 6) is -0.793. The van der Waals surface area contributed by atoms with E-state index in [-0.39, 0.29) is 32.0 Å². The van der Waals surface area contributed by atoms with Crippen LogP contribution in [0.2, 0.25) is 0 Å². The Labute approximate surface area is 469 Å². The Morgan fingerprint density at radius 2 is 0.750 bits per heavy atom. The molecular weight excluding hydrogens is 966 g/mol. The highest BCUT2D eigenvalue weighted by molar-refractivity contribution is 7.47. The van der Waals surface area contributed by atoms with Gasteiger partial charge in [0.25, 0.3) is 0 Å². The fraction of sp³-hybridized carbons (Fsp3) is 0.788. The second-order valence-corrected chi connectivity index (χ2v) is 23.9. The van der Waals surface area contributed by atoms with Crippen molar-refractivity contribution in [2.75, 3.05) is 47.5 Å². The molecule has 0 aromatic heterocycles. The van der Waals surface area contributed by atoms with E-state index in [1.165, 1.54) is 186 Å². The summed E-state index contributed by atoms with van der Waals surface area (Å²) in [4.78, 5) is 35.7. The smallest absolute Gasteiger partial charge is 0.462 e. The van der Waals surface area contributed by atoms with Crippen LogP contribution in [0.25, 0.3) is 0 Å². The summed E-state index contributed by atoms with van der Waals surface area (Å²) < 4.78 is 34.6. The van der Waals surface area contributed by atoms with E-state index >= 15 is 0 Å². The molecule has 76 heavy (non-hydrogen) atoms. The van der Waals surface area contributed by atoms with E-state index in [9.17, 15) is 19.0 Å². The van der Waals surface area contributed by atoms with Gasteiger partial charge in [-0.15, -0.1) is 0 Å². The van der Waals surface area contributed by atoms with Gasteiger partial charge in [0, 0.05) is 12.8 Å². The molecule has 10 heteroatoms. The highest BCUT2D eigenvalue weighted by atomic mass is 31.2. The topological polar surface area (TPSA) is 108 Å². The van der Waals surface area contributed by atoms with E-state index in [2.05, 4.69) is 86.8 Å². The van der Waals surface area contributed by atoms with Gasteiger partial charge in [0.05, 0.1) is 27.7 Å². The number of ether oxygens (including phenoxy) is 2. The normalized spacial score (nSPS) is 13.7. The molecule has 0 spiro atoms. The number of phosphoric acid groups is 1. The average Bonchev–Trinajstić information content (AvgIpc) is 3.38. The van der Waals surface area contributed by atoms with Crippen LogP contribution in [-0.2, 0) is 32.7 Å². The van der Waals surface area contributed by atoms with Gasteiger partial charge in [-0.2, -0.15) is 0 Å². The number of allylic oxidation sites excluding steroid dienone is 12. The third-order valence-electron chi connectivity index (χ3n) is 13.7. The summed E-state index contributed by atoms with van der Waals surface area (Å²) in [6.07, 6.45) is 75.6. The van der Waals surface area contributed by atoms with Crippen LogP contribution in [0.4, 0.5) is 0 Å². The lowest BCUT2D eigenvalue weighted by Crippen LogP contribution is -2.37. The fourth-order valence-electron chi connectivity index (χ4n) is 8.86. The van der Waals surface area contributed by atoms with E-state index < -0.39 is 26.5 Å². The van der Waals surface area contributed by atoms with E-state index in [1.807, 2.05) is 21.1 Å². The van der Waals surface area contributed by atoms with Crippen molar-refractivity contribution in [2.45, 2.75) is 290 Å². The van der Waals surface area contributed by atoms with Crippen molar-refractivity contribution in [1.29, 1.82) is 0 Å². The van der Waals surface area contributed by atoms with Crippen LogP contribution in [0.15, 0.2) is 72.9 Å². The molecule has 2 atom stereocenters. The average molecular weight is 1090 g/mol. The van der Waals surface area contributed by atoms with Crippen LogP contribution in [0.3, 0.4) is 0 Å². The number of nitrogens with zero attached hydrogens (tertiary/aromatic N) is 1. The molecule has 0 saturated carbocycles. The zero-order chi connectivity index (χ0) is 55.6. The first-order valence-corrected chi connectivity index (χ1v) is 33.2. The molecule has 0 aromatic rings. The Kier molecular flexibility index (Phi) is 55.2. The molecule has 0 bridgehead atoms. The molecule has 0 aliphatic rings. The molecule has 0 fully saturated rings. The summed E-state index contributed by atoms with van der Waals surface area (Å²) in [7, 11) is 1.48. The van der Waals surface area contributed by atoms with E-state index in [4.69, 9.17) is 18.5 Å². The molecule has 0 aromatic carbocycles. The van der Waals surface area contributed by atoms with Gasteiger partial charge in [-0.25, -0.2) is 4.57 Å². The number of esters is 2. The fourth-order valence-corrected chi connectivity index (χ4v) is 9.60. The lowest BCUT2D eigenvalue weighted by Gasteiger charge is -2.24. The molecule has 0 saturated heterocycles. The number of rotatable bonds is 58. The van der Waals surface area contributed by atoms with Gasteiger partial charge >= 0.3 is 19.8 Å². The van der Waals surface area contributed by atoms with Crippen LogP contribution in [-0.4, -0.2) is 74.9 Å². The molecule has 0 rings (SSSR count).